The largest absolute Gasteiger partial charge is 0.464 e. The zero-order valence-electron chi connectivity index (χ0n) is 22.7. The topological polar surface area (TPSA) is 13.1 Å². The minimum Gasteiger partial charge on any atom is -0.464 e. The van der Waals surface area contributed by atoms with E-state index in [-0.39, 0.29) is 0 Å². The first-order valence-corrected chi connectivity index (χ1v) is 15.1. The van der Waals surface area contributed by atoms with Crippen LogP contribution in [0.2, 0.25) is 0 Å². The molecule has 2 heterocycles. The van der Waals surface area contributed by atoms with Gasteiger partial charge in [0.15, 0.2) is 0 Å². The van der Waals surface area contributed by atoms with Crippen LogP contribution in [-0.4, -0.2) is 0 Å². The fraction of sp³-hybridized carbons (Fsp3) is 0. The van der Waals surface area contributed by atoms with E-state index in [2.05, 4.69) is 140 Å². The van der Waals surface area contributed by atoms with Crippen LogP contribution < -0.4 is 0 Å². The van der Waals surface area contributed by atoms with Gasteiger partial charge in [-0.3, -0.25) is 0 Å². The van der Waals surface area contributed by atoms with E-state index in [9.17, 15) is 0 Å². The smallest absolute Gasteiger partial charge is 0.135 e. The Kier molecular flexibility index (Phi) is 5.13. The van der Waals surface area contributed by atoms with Crippen LogP contribution in [-0.2, 0) is 0 Å². The molecule has 0 saturated heterocycles. The van der Waals surface area contributed by atoms with E-state index in [0.717, 1.165) is 11.1 Å². The van der Waals surface area contributed by atoms with Crippen molar-refractivity contribution in [2.75, 3.05) is 0 Å². The van der Waals surface area contributed by atoms with Gasteiger partial charge in [-0.15, -0.1) is 11.3 Å². The van der Waals surface area contributed by atoms with Crippen molar-refractivity contribution in [3.63, 3.8) is 0 Å². The molecule has 9 rings (SSSR count). The Morgan fingerprint density at radius 1 is 0.429 bits per heavy atom. The van der Waals surface area contributed by atoms with Crippen molar-refractivity contribution in [3.05, 3.63) is 146 Å². The lowest BCUT2D eigenvalue weighted by Crippen LogP contribution is -1.90. The predicted molar refractivity (Wildman–Crippen MR) is 180 cm³/mol. The second-order valence-corrected chi connectivity index (χ2v) is 11.9. The number of hydrogen-bond donors (Lipinski definition) is 0. The van der Waals surface area contributed by atoms with Crippen molar-refractivity contribution in [2.45, 2.75) is 0 Å². The van der Waals surface area contributed by atoms with Crippen LogP contribution in [0.25, 0.3) is 86.1 Å². The average Bonchev–Trinajstić information content (AvgIpc) is 3.66. The molecule has 0 saturated carbocycles. The van der Waals surface area contributed by atoms with Gasteiger partial charge < -0.3 is 4.42 Å². The van der Waals surface area contributed by atoms with Gasteiger partial charge in [-0.25, -0.2) is 0 Å². The van der Waals surface area contributed by atoms with Gasteiger partial charge in [0.05, 0.1) is 6.26 Å². The molecule has 0 fully saturated rings. The number of rotatable bonds is 3. The van der Waals surface area contributed by atoms with Crippen LogP contribution >= 0.6 is 11.3 Å². The van der Waals surface area contributed by atoms with Crippen LogP contribution in [0.3, 0.4) is 0 Å². The molecule has 0 bridgehead atoms. The standard InChI is InChI=1S/C40H24OS/c1-3-11-25(12-4-1)34-24-41-35-22-21-33-28-20-19-27(23-36(28)42-40(33)39(34)35)38-31-17-9-7-15-29(31)37(26-13-5-2-6-14-26)30-16-8-10-18-32(30)38/h1-24H. The molecule has 1 nitrogen and oxygen atoms in total. The first-order chi connectivity index (χ1) is 20.8. The zero-order valence-corrected chi connectivity index (χ0v) is 23.5. The summed E-state index contributed by atoms with van der Waals surface area (Å²) in [4.78, 5) is 0. The summed E-state index contributed by atoms with van der Waals surface area (Å²) in [5.41, 5.74) is 8.34. The summed E-state index contributed by atoms with van der Waals surface area (Å²) in [5.74, 6) is 0. The molecule has 0 aliphatic rings. The molecule has 0 radical (unpaired) electrons. The molecular weight excluding hydrogens is 529 g/mol. The van der Waals surface area contributed by atoms with Crippen molar-refractivity contribution < 1.29 is 4.42 Å². The molecule has 0 spiro atoms. The fourth-order valence-electron chi connectivity index (χ4n) is 6.70. The number of benzene rings is 7. The molecule has 2 heteroatoms. The molecule has 0 atom stereocenters. The molecule has 2 aromatic heterocycles. The Bertz CT molecular complexity index is 2390. The minimum absolute atomic E-state index is 0.932. The summed E-state index contributed by atoms with van der Waals surface area (Å²) >= 11 is 1.86. The van der Waals surface area contributed by atoms with Crippen LogP contribution in [0.4, 0.5) is 0 Å². The number of furan rings is 1. The average molecular weight is 553 g/mol. The van der Waals surface area contributed by atoms with Crippen LogP contribution in [0.5, 0.6) is 0 Å². The van der Waals surface area contributed by atoms with E-state index in [1.807, 2.05) is 17.6 Å². The Morgan fingerprint density at radius 3 is 1.62 bits per heavy atom. The summed E-state index contributed by atoms with van der Waals surface area (Å²) in [6.45, 7) is 0. The van der Waals surface area contributed by atoms with E-state index in [0.29, 0.717) is 0 Å². The van der Waals surface area contributed by atoms with Crippen molar-refractivity contribution in [3.8, 4) is 33.4 Å². The summed E-state index contributed by atoms with van der Waals surface area (Å²) in [5, 5.41) is 8.88. The lowest BCUT2D eigenvalue weighted by molar-refractivity contribution is 0.617. The fourth-order valence-corrected chi connectivity index (χ4v) is 7.99. The lowest BCUT2D eigenvalue weighted by atomic mass is 9.86. The SMILES string of the molecule is c1ccc(-c2c3ccccc3c(-c3ccc4c(c3)sc3c4ccc4occ(-c5ccccc5)c43)c3ccccc23)cc1. The zero-order chi connectivity index (χ0) is 27.6. The molecule has 9 aromatic rings. The summed E-state index contributed by atoms with van der Waals surface area (Å²) in [6.07, 6.45) is 1.90. The summed E-state index contributed by atoms with van der Waals surface area (Å²) < 4.78 is 8.62. The second kappa shape index (κ2) is 9.17. The molecule has 0 unspecified atom stereocenters. The minimum atomic E-state index is 0.932. The summed E-state index contributed by atoms with van der Waals surface area (Å²) in [6, 6.07) is 50.4. The monoisotopic (exact) mass is 552 g/mol. The van der Waals surface area contributed by atoms with Crippen LogP contribution in [0.15, 0.2) is 150 Å². The van der Waals surface area contributed by atoms with Gasteiger partial charge in [0.25, 0.3) is 0 Å². The molecule has 0 N–H and O–H groups in total. The number of fused-ring (bicyclic) bond motifs is 7. The van der Waals surface area contributed by atoms with E-state index in [1.54, 1.807) is 0 Å². The van der Waals surface area contributed by atoms with Crippen LogP contribution in [0.1, 0.15) is 0 Å². The van der Waals surface area contributed by atoms with E-state index < -0.39 is 0 Å². The van der Waals surface area contributed by atoms with Gasteiger partial charge in [0.2, 0.25) is 0 Å². The molecule has 0 aliphatic carbocycles. The Labute approximate surface area is 246 Å². The Hall–Kier alpha value is -5.18. The number of hydrogen-bond acceptors (Lipinski definition) is 2. The molecule has 0 aliphatic heterocycles. The maximum Gasteiger partial charge on any atom is 0.135 e. The first-order valence-electron chi connectivity index (χ1n) is 14.3. The van der Waals surface area contributed by atoms with E-state index >= 15 is 0 Å². The lowest BCUT2D eigenvalue weighted by Gasteiger charge is -2.17. The van der Waals surface area contributed by atoms with Gasteiger partial charge in [0.1, 0.15) is 5.58 Å². The number of thiophene rings is 1. The molecule has 42 heavy (non-hydrogen) atoms. The molecule has 196 valence electrons. The maximum absolute atomic E-state index is 6.05. The highest BCUT2D eigenvalue weighted by molar-refractivity contribution is 7.26. The van der Waals surface area contributed by atoms with Crippen molar-refractivity contribution in [1.29, 1.82) is 0 Å². The third-order valence-corrected chi connectivity index (χ3v) is 9.73. The normalized spacial score (nSPS) is 11.8. The first kappa shape index (κ1) is 23.5. The summed E-state index contributed by atoms with van der Waals surface area (Å²) in [7, 11) is 0. The van der Waals surface area contributed by atoms with E-state index in [4.69, 9.17) is 4.42 Å². The van der Waals surface area contributed by atoms with Crippen LogP contribution in [0, 0.1) is 0 Å². The van der Waals surface area contributed by atoms with Gasteiger partial charge in [-0.1, -0.05) is 121 Å². The quantitative estimate of drug-likeness (QED) is 0.199. The molecular formula is C40H24OS. The van der Waals surface area contributed by atoms with Gasteiger partial charge in [0, 0.05) is 31.1 Å². The maximum atomic E-state index is 6.05. The highest BCUT2D eigenvalue weighted by Crippen LogP contribution is 2.47. The highest BCUT2D eigenvalue weighted by Gasteiger charge is 2.19. The van der Waals surface area contributed by atoms with Gasteiger partial charge in [-0.2, -0.15) is 0 Å². The third-order valence-electron chi connectivity index (χ3n) is 8.54. The molecule has 0 amide bonds. The van der Waals surface area contributed by atoms with E-state index in [1.165, 1.54) is 74.9 Å². The van der Waals surface area contributed by atoms with Crippen molar-refractivity contribution in [1.82, 2.24) is 0 Å². The Morgan fingerprint density at radius 2 is 0.976 bits per heavy atom. The molecule has 7 aromatic carbocycles. The highest BCUT2D eigenvalue weighted by atomic mass is 32.1. The van der Waals surface area contributed by atoms with Crippen molar-refractivity contribution >= 4 is 64.0 Å². The predicted octanol–water partition coefficient (Wildman–Crippen LogP) is 12.1. The Balaban J connectivity index is 1.33. The van der Waals surface area contributed by atoms with Gasteiger partial charge in [-0.05, 0) is 67.6 Å². The van der Waals surface area contributed by atoms with Gasteiger partial charge >= 0.3 is 0 Å². The van der Waals surface area contributed by atoms with Crippen molar-refractivity contribution in [2.24, 2.45) is 0 Å². The second-order valence-electron chi connectivity index (χ2n) is 10.9. The third kappa shape index (κ3) is 3.43.